The zero-order valence-corrected chi connectivity index (χ0v) is 15.3. The Hall–Kier alpha value is -0.680. The normalized spacial score (nSPS) is 48.6. The van der Waals surface area contributed by atoms with E-state index in [0.29, 0.717) is 19.3 Å². The van der Waals surface area contributed by atoms with Crippen LogP contribution in [0.2, 0.25) is 0 Å². The van der Waals surface area contributed by atoms with Gasteiger partial charge in [-0.05, 0) is 66.6 Å². The molecule has 3 rings (SSSR count). The summed E-state index contributed by atoms with van der Waals surface area (Å²) in [4.78, 5) is 0. The molecule has 0 aromatic heterocycles. The van der Waals surface area contributed by atoms with Crippen LogP contribution in [0.15, 0.2) is 23.3 Å². The van der Waals surface area contributed by atoms with Gasteiger partial charge in [-0.25, -0.2) is 0 Å². The Morgan fingerprint density at radius 3 is 2.25 bits per heavy atom. The predicted molar refractivity (Wildman–Crippen MR) is 93.2 cm³/mol. The summed E-state index contributed by atoms with van der Waals surface area (Å²) in [5, 5.41) is 42.9. The molecule has 3 aliphatic carbocycles. The monoisotopic (exact) mass is 336 g/mol. The largest absolute Gasteiger partial charge is 0.389 e. The van der Waals surface area contributed by atoms with Crippen molar-refractivity contribution in [2.24, 2.45) is 22.7 Å². The Morgan fingerprint density at radius 1 is 1.00 bits per heavy atom. The lowest BCUT2D eigenvalue weighted by Gasteiger charge is -2.56. The van der Waals surface area contributed by atoms with Crippen molar-refractivity contribution in [3.05, 3.63) is 23.3 Å². The van der Waals surface area contributed by atoms with E-state index in [2.05, 4.69) is 20.4 Å². The molecular formula is C20H32O4. The summed E-state index contributed by atoms with van der Waals surface area (Å²) in [5.41, 5.74) is 1.58. The van der Waals surface area contributed by atoms with Crippen LogP contribution in [0.25, 0.3) is 0 Å². The zero-order valence-electron chi connectivity index (χ0n) is 15.3. The van der Waals surface area contributed by atoms with Gasteiger partial charge in [-0.2, -0.15) is 0 Å². The van der Waals surface area contributed by atoms with Crippen molar-refractivity contribution in [1.29, 1.82) is 0 Å². The van der Waals surface area contributed by atoms with Crippen LogP contribution in [0, 0.1) is 22.7 Å². The summed E-state index contributed by atoms with van der Waals surface area (Å²) < 4.78 is 0. The van der Waals surface area contributed by atoms with Crippen molar-refractivity contribution in [2.75, 3.05) is 0 Å². The Bertz CT molecular complexity index is 578. The lowest BCUT2D eigenvalue weighted by atomic mass is 9.50. The first-order chi connectivity index (χ1) is 11.0. The van der Waals surface area contributed by atoms with E-state index in [9.17, 15) is 20.4 Å². The molecule has 0 spiro atoms. The smallest absolute Gasteiger partial charge is 0.102 e. The van der Waals surface area contributed by atoms with Crippen LogP contribution in [0.3, 0.4) is 0 Å². The maximum absolute atomic E-state index is 11.1. The summed E-state index contributed by atoms with van der Waals surface area (Å²) in [7, 11) is 0. The molecule has 0 saturated heterocycles. The third kappa shape index (κ3) is 2.34. The first-order valence-electron chi connectivity index (χ1n) is 9.14. The molecule has 2 saturated carbocycles. The Morgan fingerprint density at radius 2 is 1.62 bits per heavy atom. The van der Waals surface area contributed by atoms with Crippen LogP contribution < -0.4 is 0 Å². The van der Waals surface area contributed by atoms with Crippen molar-refractivity contribution in [3.63, 3.8) is 0 Å². The maximum atomic E-state index is 11.1. The van der Waals surface area contributed by atoms with Gasteiger partial charge in [0.05, 0.1) is 18.3 Å². The molecule has 3 aliphatic rings. The second kappa shape index (κ2) is 5.66. The van der Waals surface area contributed by atoms with Crippen molar-refractivity contribution in [2.45, 2.75) is 77.8 Å². The maximum Gasteiger partial charge on any atom is 0.102 e. The average molecular weight is 336 g/mol. The first kappa shape index (κ1) is 18.1. The van der Waals surface area contributed by atoms with E-state index in [0.717, 1.165) is 23.1 Å². The van der Waals surface area contributed by atoms with Gasteiger partial charge >= 0.3 is 0 Å². The van der Waals surface area contributed by atoms with Crippen LogP contribution >= 0.6 is 0 Å². The van der Waals surface area contributed by atoms with Gasteiger partial charge in [0.1, 0.15) is 6.10 Å². The highest BCUT2D eigenvalue weighted by Gasteiger charge is 2.56. The van der Waals surface area contributed by atoms with E-state index in [1.165, 1.54) is 0 Å². The standard InChI is InChI=1S/C20H32O4/c1-10-13-8-12-9-15(22)11(2)16(19(12,3)4)17(23)18(24)20(13,5)7-6-14(10)21/h12-15,17-18,21-24H,1,6-9H2,2-5H3/t12-,13-,14+,15+,17-,18+,20-/m1/s1. The fourth-order valence-corrected chi connectivity index (χ4v) is 5.69. The van der Waals surface area contributed by atoms with Gasteiger partial charge in [0.2, 0.25) is 0 Å². The lowest BCUT2D eigenvalue weighted by molar-refractivity contribution is -0.115. The van der Waals surface area contributed by atoms with Crippen molar-refractivity contribution in [1.82, 2.24) is 0 Å². The van der Waals surface area contributed by atoms with Gasteiger partial charge in [0.25, 0.3) is 0 Å². The third-order valence-corrected chi connectivity index (χ3v) is 7.57. The van der Waals surface area contributed by atoms with E-state index in [1.54, 1.807) is 0 Å². The summed E-state index contributed by atoms with van der Waals surface area (Å²) in [5.74, 6) is 0.127. The predicted octanol–water partition coefficient (Wildman–Crippen LogP) is 2.17. The minimum Gasteiger partial charge on any atom is -0.389 e. The summed E-state index contributed by atoms with van der Waals surface area (Å²) >= 11 is 0. The molecule has 0 radical (unpaired) electrons. The molecule has 2 bridgehead atoms. The molecule has 0 aromatic rings. The number of fused-ring (bicyclic) bond motifs is 3. The van der Waals surface area contributed by atoms with Crippen molar-refractivity contribution >= 4 is 0 Å². The Balaban J connectivity index is 2.15. The number of aliphatic hydroxyl groups excluding tert-OH is 4. The Kier molecular flexibility index (Phi) is 4.28. The fourth-order valence-electron chi connectivity index (χ4n) is 5.69. The highest BCUT2D eigenvalue weighted by atomic mass is 16.3. The minimum atomic E-state index is -0.992. The molecule has 0 heterocycles. The molecule has 4 N–H and O–H groups in total. The SMILES string of the molecule is C=C1[C@H]2C[C@@H]3C[C@H](O)C(C)=C([C@@H](O)[C@H](O)[C@]2(C)CC[C@@H]1O)C3(C)C. The molecule has 136 valence electrons. The molecule has 0 amide bonds. The molecule has 2 fully saturated rings. The van der Waals surface area contributed by atoms with E-state index < -0.39 is 29.8 Å². The second-order valence-corrected chi connectivity index (χ2v) is 9.08. The van der Waals surface area contributed by atoms with Gasteiger partial charge in [0.15, 0.2) is 0 Å². The van der Waals surface area contributed by atoms with E-state index in [1.807, 2.05) is 13.8 Å². The van der Waals surface area contributed by atoms with E-state index in [4.69, 9.17) is 0 Å². The topological polar surface area (TPSA) is 80.9 Å². The number of hydrogen-bond acceptors (Lipinski definition) is 4. The highest BCUT2D eigenvalue weighted by Crippen LogP contribution is 2.58. The fraction of sp³-hybridized carbons (Fsp3) is 0.800. The molecule has 7 atom stereocenters. The number of rotatable bonds is 0. The molecule has 24 heavy (non-hydrogen) atoms. The number of hydrogen-bond donors (Lipinski definition) is 4. The van der Waals surface area contributed by atoms with Crippen LogP contribution in [0.4, 0.5) is 0 Å². The minimum absolute atomic E-state index is 0.0534. The number of aliphatic hydroxyl groups is 4. The molecule has 0 unspecified atom stereocenters. The average Bonchev–Trinajstić information content (AvgIpc) is 2.51. The summed E-state index contributed by atoms with van der Waals surface area (Å²) in [6.45, 7) is 12.2. The molecule has 4 heteroatoms. The molecular weight excluding hydrogens is 304 g/mol. The van der Waals surface area contributed by atoms with Gasteiger partial charge in [-0.3, -0.25) is 0 Å². The zero-order chi connectivity index (χ0) is 18.0. The van der Waals surface area contributed by atoms with Crippen molar-refractivity contribution < 1.29 is 20.4 Å². The van der Waals surface area contributed by atoms with Gasteiger partial charge in [-0.15, -0.1) is 0 Å². The lowest BCUT2D eigenvalue weighted by Crippen LogP contribution is -2.57. The Labute approximate surface area is 144 Å². The van der Waals surface area contributed by atoms with Gasteiger partial charge in [-0.1, -0.05) is 27.4 Å². The second-order valence-electron chi connectivity index (χ2n) is 9.08. The third-order valence-electron chi connectivity index (χ3n) is 7.57. The quantitative estimate of drug-likeness (QED) is 0.511. The van der Waals surface area contributed by atoms with Crippen LogP contribution in [0.5, 0.6) is 0 Å². The summed E-state index contributed by atoms with van der Waals surface area (Å²) in [6.07, 6.45) is -0.373. The van der Waals surface area contributed by atoms with Crippen LogP contribution in [-0.4, -0.2) is 44.8 Å². The van der Waals surface area contributed by atoms with Gasteiger partial charge < -0.3 is 20.4 Å². The summed E-state index contributed by atoms with van der Waals surface area (Å²) in [6, 6.07) is 0. The first-order valence-corrected chi connectivity index (χ1v) is 9.14. The van der Waals surface area contributed by atoms with E-state index in [-0.39, 0.29) is 17.3 Å². The van der Waals surface area contributed by atoms with Crippen LogP contribution in [-0.2, 0) is 0 Å². The molecule has 4 nitrogen and oxygen atoms in total. The highest BCUT2D eigenvalue weighted by molar-refractivity contribution is 5.34. The van der Waals surface area contributed by atoms with E-state index >= 15 is 0 Å². The molecule has 0 aliphatic heterocycles. The van der Waals surface area contributed by atoms with Crippen molar-refractivity contribution in [3.8, 4) is 0 Å². The molecule has 0 aromatic carbocycles. The van der Waals surface area contributed by atoms with Crippen LogP contribution in [0.1, 0.15) is 53.4 Å². The van der Waals surface area contributed by atoms with Gasteiger partial charge in [0, 0.05) is 5.41 Å².